The molecule has 8 nitrogen and oxygen atoms in total. The van der Waals surface area contributed by atoms with Gasteiger partial charge in [0.15, 0.2) is 0 Å². The van der Waals surface area contributed by atoms with Gasteiger partial charge >= 0.3 is 0 Å². The summed E-state index contributed by atoms with van der Waals surface area (Å²) in [6, 6.07) is 0. The average molecular weight is 304 g/mol. The lowest BCUT2D eigenvalue weighted by atomic mass is 10.6. The number of rotatable bonds is 6. The van der Waals surface area contributed by atoms with E-state index in [2.05, 4.69) is 27.9 Å². The molecule has 0 amide bonds. The van der Waals surface area contributed by atoms with E-state index < -0.39 is 10.4 Å². The Morgan fingerprint density at radius 1 is 0.895 bits per heavy atom. The SMILES string of the molecule is CC[NH+](C)CCO.CC[NH+](C)CCO.O=S(=O)([O-])[O-]. The van der Waals surface area contributed by atoms with E-state index in [-0.39, 0.29) is 0 Å². The molecule has 0 spiro atoms. The summed E-state index contributed by atoms with van der Waals surface area (Å²) in [5.74, 6) is 0. The van der Waals surface area contributed by atoms with Gasteiger partial charge in [0.2, 0.25) is 0 Å². The van der Waals surface area contributed by atoms with Crippen LogP contribution in [0.3, 0.4) is 0 Å². The van der Waals surface area contributed by atoms with Crippen molar-refractivity contribution in [2.45, 2.75) is 13.8 Å². The molecule has 0 saturated carbocycles. The summed E-state index contributed by atoms with van der Waals surface area (Å²) in [6.07, 6.45) is 0. The predicted molar refractivity (Wildman–Crippen MR) is 69.2 cm³/mol. The second-order valence-electron chi connectivity index (χ2n) is 3.98. The van der Waals surface area contributed by atoms with Crippen molar-refractivity contribution in [2.75, 3.05) is 53.5 Å². The third kappa shape index (κ3) is 46.4. The third-order valence-electron chi connectivity index (χ3n) is 2.28. The first kappa shape index (κ1) is 23.8. The third-order valence-corrected chi connectivity index (χ3v) is 2.28. The van der Waals surface area contributed by atoms with Crippen LogP contribution in [0.25, 0.3) is 0 Å². The number of aliphatic hydroxyl groups is 2. The van der Waals surface area contributed by atoms with Crippen molar-refractivity contribution in [1.29, 1.82) is 0 Å². The Balaban J connectivity index is -0.000000206. The normalized spacial score (nSPS) is 13.5. The van der Waals surface area contributed by atoms with Crippen molar-refractivity contribution >= 4 is 10.4 Å². The van der Waals surface area contributed by atoms with Gasteiger partial charge in [0.05, 0.1) is 40.4 Å². The highest BCUT2D eigenvalue weighted by Gasteiger charge is 1.91. The van der Waals surface area contributed by atoms with E-state index in [1.807, 2.05) is 0 Å². The topological polar surface area (TPSA) is 130 Å². The van der Waals surface area contributed by atoms with E-state index in [9.17, 15) is 0 Å². The zero-order chi connectivity index (χ0) is 15.9. The van der Waals surface area contributed by atoms with E-state index in [4.69, 9.17) is 27.7 Å². The van der Waals surface area contributed by atoms with Crippen molar-refractivity contribution in [3.05, 3.63) is 0 Å². The second kappa shape index (κ2) is 15.8. The fourth-order valence-electron chi connectivity index (χ4n) is 0.735. The second-order valence-corrected chi connectivity index (χ2v) is 4.79. The van der Waals surface area contributed by atoms with Gasteiger partial charge in [-0.2, -0.15) is 0 Å². The van der Waals surface area contributed by atoms with Gasteiger partial charge in [-0.05, 0) is 13.8 Å². The van der Waals surface area contributed by atoms with Gasteiger partial charge in [0.25, 0.3) is 0 Å². The van der Waals surface area contributed by atoms with Crippen molar-refractivity contribution in [3.63, 3.8) is 0 Å². The first-order valence-electron chi connectivity index (χ1n) is 6.13. The molecule has 0 aromatic heterocycles. The smallest absolute Gasteiger partial charge is 0.100 e. The van der Waals surface area contributed by atoms with Crippen LogP contribution < -0.4 is 9.80 Å². The molecule has 0 radical (unpaired) electrons. The fraction of sp³-hybridized carbons (Fsp3) is 1.00. The molecular weight excluding hydrogens is 276 g/mol. The van der Waals surface area contributed by atoms with E-state index in [0.29, 0.717) is 13.2 Å². The Bertz CT molecular complexity index is 241. The quantitative estimate of drug-likeness (QED) is 0.290. The summed E-state index contributed by atoms with van der Waals surface area (Å²) < 4.78 is 34.1. The summed E-state index contributed by atoms with van der Waals surface area (Å²) in [5.41, 5.74) is 0. The van der Waals surface area contributed by atoms with Gasteiger partial charge in [-0.1, -0.05) is 0 Å². The van der Waals surface area contributed by atoms with Gasteiger partial charge in [-0.25, -0.2) is 0 Å². The molecule has 0 heterocycles. The Morgan fingerprint density at radius 2 is 1.11 bits per heavy atom. The van der Waals surface area contributed by atoms with Crippen LogP contribution >= 0.6 is 0 Å². The average Bonchev–Trinajstić information content (AvgIpc) is 2.28. The van der Waals surface area contributed by atoms with Crippen molar-refractivity contribution in [2.24, 2.45) is 0 Å². The summed E-state index contributed by atoms with van der Waals surface area (Å²) >= 11 is 0. The van der Waals surface area contributed by atoms with E-state index in [1.165, 1.54) is 9.80 Å². The van der Waals surface area contributed by atoms with Crippen LogP contribution in [0, 0.1) is 0 Å². The zero-order valence-corrected chi connectivity index (χ0v) is 13.0. The molecular formula is C10H28N2O6S. The maximum Gasteiger partial charge on any atom is 0.100 e. The zero-order valence-electron chi connectivity index (χ0n) is 12.2. The number of quaternary nitrogens is 2. The van der Waals surface area contributed by atoms with Crippen LogP contribution in [0.4, 0.5) is 0 Å². The van der Waals surface area contributed by atoms with Crippen LogP contribution in [0.1, 0.15) is 13.8 Å². The summed E-state index contributed by atoms with van der Waals surface area (Å²) in [4.78, 5) is 2.75. The number of hydrogen-bond acceptors (Lipinski definition) is 6. The van der Waals surface area contributed by atoms with Crippen LogP contribution in [0.5, 0.6) is 0 Å². The van der Waals surface area contributed by atoms with Gasteiger partial charge in [-0.15, -0.1) is 0 Å². The first-order valence-corrected chi connectivity index (χ1v) is 7.46. The minimum absolute atomic E-state index is 0.305. The highest BCUT2D eigenvalue weighted by Crippen LogP contribution is 1.57. The lowest BCUT2D eigenvalue weighted by Crippen LogP contribution is -3.09. The molecule has 0 fully saturated rings. The highest BCUT2D eigenvalue weighted by molar-refractivity contribution is 7.79. The van der Waals surface area contributed by atoms with E-state index in [0.717, 1.165) is 26.2 Å². The Kier molecular flexibility index (Phi) is 19.7. The van der Waals surface area contributed by atoms with Crippen LogP contribution in [-0.2, 0) is 10.4 Å². The first-order chi connectivity index (χ1) is 8.62. The summed E-state index contributed by atoms with van der Waals surface area (Å²) in [5, 5.41) is 16.7. The predicted octanol–water partition coefficient (Wildman–Crippen LogP) is -4.31. The van der Waals surface area contributed by atoms with Gasteiger partial charge in [0, 0.05) is 10.4 Å². The molecule has 4 N–H and O–H groups in total. The molecule has 0 aromatic carbocycles. The van der Waals surface area contributed by atoms with Gasteiger partial charge in [-0.3, -0.25) is 8.42 Å². The maximum absolute atomic E-state index is 8.52. The monoisotopic (exact) mass is 304 g/mol. The molecule has 0 saturated heterocycles. The fourth-order valence-corrected chi connectivity index (χ4v) is 0.735. The number of likely N-dealkylation sites (N-methyl/N-ethyl adjacent to an activating group) is 2. The largest absolute Gasteiger partial charge is 0.759 e. The Morgan fingerprint density at radius 3 is 1.16 bits per heavy atom. The summed E-state index contributed by atoms with van der Waals surface area (Å²) in [6.45, 7) is 8.75. The van der Waals surface area contributed by atoms with Crippen LogP contribution in [-0.4, -0.2) is 81.2 Å². The lowest BCUT2D eigenvalue weighted by Gasteiger charge is -2.06. The van der Waals surface area contributed by atoms with Crippen molar-refractivity contribution in [3.8, 4) is 0 Å². The van der Waals surface area contributed by atoms with Gasteiger partial charge < -0.3 is 29.1 Å². The lowest BCUT2D eigenvalue weighted by molar-refractivity contribution is -0.878. The molecule has 19 heavy (non-hydrogen) atoms. The van der Waals surface area contributed by atoms with E-state index in [1.54, 1.807) is 0 Å². The molecule has 0 bridgehead atoms. The van der Waals surface area contributed by atoms with Crippen LogP contribution in [0.2, 0.25) is 0 Å². The molecule has 0 aliphatic heterocycles. The molecule has 0 aromatic rings. The number of aliphatic hydroxyl groups excluding tert-OH is 2. The molecule has 9 heteroatoms. The molecule has 2 unspecified atom stereocenters. The molecule has 0 aliphatic rings. The maximum atomic E-state index is 8.52. The standard InChI is InChI=1S/2C5H13NO.H2O4S/c2*1-3-6(2)4-5-7;1-5(2,3)4/h2*7H,3-5H2,1-2H3;(H2,1,2,3,4). The minimum atomic E-state index is -5.17. The molecule has 0 rings (SSSR count). The van der Waals surface area contributed by atoms with Gasteiger partial charge in [0.1, 0.15) is 13.1 Å². The van der Waals surface area contributed by atoms with Crippen molar-refractivity contribution < 1.29 is 37.5 Å². The number of nitrogens with one attached hydrogen (secondary N) is 2. The van der Waals surface area contributed by atoms with Crippen molar-refractivity contribution in [1.82, 2.24) is 0 Å². The highest BCUT2D eigenvalue weighted by atomic mass is 32.3. The number of hydrogen-bond donors (Lipinski definition) is 4. The molecule has 2 atom stereocenters. The molecule has 120 valence electrons. The van der Waals surface area contributed by atoms with Crippen LogP contribution in [0.15, 0.2) is 0 Å². The molecule has 0 aliphatic carbocycles. The minimum Gasteiger partial charge on any atom is -0.759 e. The van der Waals surface area contributed by atoms with E-state index >= 15 is 0 Å². The Labute approximate surface area is 116 Å². The Hall–Kier alpha value is -0.290. The summed E-state index contributed by atoms with van der Waals surface area (Å²) in [7, 11) is -1.04.